The quantitative estimate of drug-likeness (QED) is 0.0452. The number of carboxylic acids is 1. The molecule has 0 radical (unpaired) electrons. The van der Waals surface area contributed by atoms with Crippen molar-refractivity contribution in [2.24, 2.45) is 0 Å². The Hall–Kier alpha value is -1.77. The van der Waals surface area contributed by atoms with E-state index in [0.29, 0.717) is 0 Å². The Kier molecular flexibility index (Phi) is 22.9. The van der Waals surface area contributed by atoms with Gasteiger partial charge in [0.1, 0.15) is 140 Å². The van der Waals surface area contributed by atoms with Crippen molar-refractivity contribution in [3.63, 3.8) is 0 Å². The molecule has 0 aliphatic carbocycles. The maximum absolute atomic E-state index is 10.9. The summed E-state index contributed by atoms with van der Waals surface area (Å²) in [4.78, 5) is 12.0. The molecular formula is C39H69NO32. The lowest BCUT2D eigenvalue weighted by Gasteiger charge is -2.44. The average Bonchev–Trinajstić information content (AvgIpc) is 3.34. The maximum Gasteiger partial charge on any atom is 0.317 e. The fourth-order valence-electron chi connectivity index (χ4n) is 8.20. The highest BCUT2D eigenvalue weighted by molar-refractivity contribution is 5.69. The Bertz CT molecular complexity index is 1630. The minimum absolute atomic E-state index is 0.433. The Balaban J connectivity index is 1.13. The van der Waals surface area contributed by atoms with Crippen molar-refractivity contribution in [2.45, 2.75) is 178 Å². The molecule has 0 aromatic heterocycles. The van der Waals surface area contributed by atoms with Gasteiger partial charge in [-0.3, -0.25) is 9.69 Å². The molecule has 72 heavy (non-hydrogen) atoms. The molecule has 5 heterocycles. The molecule has 0 amide bonds. The molecule has 0 spiro atoms. The normalized spacial score (nSPS) is 45.9. The first kappa shape index (κ1) is 61.1. The van der Waals surface area contributed by atoms with E-state index in [1.165, 1.54) is 7.05 Å². The highest BCUT2D eigenvalue weighted by Gasteiger charge is 2.52. The van der Waals surface area contributed by atoms with Gasteiger partial charge in [-0.1, -0.05) is 0 Å². The summed E-state index contributed by atoms with van der Waals surface area (Å²) in [5, 5.41) is 217. The Morgan fingerprint density at radius 2 is 0.681 bits per heavy atom. The molecule has 0 bridgehead atoms. The number of hydrogen-bond acceptors (Lipinski definition) is 32. The molecular weight excluding hydrogens is 994 g/mol. The molecule has 0 aromatic rings. The molecule has 33 heteroatoms. The number of carbonyl (C=O) groups is 1. The molecule has 5 fully saturated rings. The van der Waals surface area contributed by atoms with E-state index in [0.717, 1.165) is 4.90 Å². The van der Waals surface area contributed by atoms with Crippen LogP contribution in [-0.2, 0) is 52.2 Å². The van der Waals surface area contributed by atoms with Crippen molar-refractivity contribution < 1.29 is 159 Å². The Morgan fingerprint density at radius 1 is 0.417 bits per heavy atom. The SMILES string of the molecule is CN(CC(=O)O)CC(O)[C@@H](O)[C@H](O)[C@H](O)COC1O[C@H](CO[C@@H]2O[C@H](COC3O[C@H](CO[C@@H]4O[C@H](COC5O[C@H](CO)[C@@H](O)C(O)[C@H]5O)[C@@H](O)[C@H](O)C4O)[C@@H](O)C(O)[C@H]3O)[C@@H](O)[C@H](O)C2O)[C@@H](O)[C@H](O)[C@H]1O. The molecule has 21 N–H and O–H groups in total. The van der Waals surface area contributed by atoms with Gasteiger partial charge in [0.25, 0.3) is 0 Å². The number of hydrogen-bond donors (Lipinski definition) is 21. The Labute approximate surface area is 407 Å². The van der Waals surface area contributed by atoms with Gasteiger partial charge in [0.2, 0.25) is 0 Å². The van der Waals surface area contributed by atoms with Crippen LogP contribution < -0.4 is 0 Å². The topological polar surface area (TPSA) is 537 Å². The van der Waals surface area contributed by atoms with E-state index in [1.807, 2.05) is 0 Å². The van der Waals surface area contributed by atoms with Gasteiger partial charge < -0.3 is 155 Å². The summed E-state index contributed by atoms with van der Waals surface area (Å²) in [7, 11) is 1.30. The van der Waals surface area contributed by atoms with Crippen LogP contribution in [0.4, 0.5) is 0 Å². The van der Waals surface area contributed by atoms with Crippen LogP contribution in [-0.4, -0.2) is 356 Å². The van der Waals surface area contributed by atoms with E-state index in [-0.39, 0.29) is 0 Å². The number of nitrogens with zero attached hydrogens (tertiary/aromatic N) is 1. The van der Waals surface area contributed by atoms with Crippen LogP contribution in [0.2, 0.25) is 0 Å². The molecule has 5 aliphatic heterocycles. The van der Waals surface area contributed by atoms with Gasteiger partial charge in [-0.2, -0.15) is 0 Å². The average molecular weight is 1060 g/mol. The first-order chi connectivity index (χ1) is 33.8. The van der Waals surface area contributed by atoms with E-state index in [4.69, 9.17) is 52.5 Å². The van der Waals surface area contributed by atoms with Gasteiger partial charge in [-0.15, -0.1) is 0 Å². The summed E-state index contributed by atoms with van der Waals surface area (Å²) in [5.41, 5.74) is 0. The first-order valence-electron chi connectivity index (χ1n) is 22.6. The molecule has 0 aromatic carbocycles. The van der Waals surface area contributed by atoms with Gasteiger partial charge in [-0.05, 0) is 7.05 Å². The zero-order chi connectivity index (χ0) is 53.6. The Morgan fingerprint density at radius 3 is 0.972 bits per heavy atom. The highest BCUT2D eigenvalue weighted by Crippen LogP contribution is 2.31. The summed E-state index contributed by atoms with van der Waals surface area (Å²) in [6.07, 6.45) is -53.9. The van der Waals surface area contributed by atoms with Crippen LogP contribution >= 0.6 is 0 Å². The number of likely N-dealkylation sites (N-methyl/N-ethyl adjacent to an activating group) is 1. The second-order valence-electron chi connectivity index (χ2n) is 18.1. The minimum atomic E-state index is -2.09. The lowest BCUT2D eigenvalue weighted by molar-refractivity contribution is -0.351. The summed E-state index contributed by atoms with van der Waals surface area (Å²) in [5.74, 6) is -1.24. The summed E-state index contributed by atoms with van der Waals surface area (Å²) < 4.78 is 54.6. The minimum Gasteiger partial charge on any atom is -0.480 e. The third-order valence-electron chi connectivity index (χ3n) is 12.7. The largest absolute Gasteiger partial charge is 0.480 e. The van der Waals surface area contributed by atoms with Gasteiger partial charge in [0, 0.05) is 6.54 Å². The van der Waals surface area contributed by atoms with E-state index < -0.39 is 237 Å². The van der Waals surface area contributed by atoms with E-state index in [2.05, 4.69) is 0 Å². The zero-order valence-corrected chi connectivity index (χ0v) is 38.2. The second kappa shape index (κ2) is 27.0. The van der Waals surface area contributed by atoms with Gasteiger partial charge in [0.05, 0.1) is 52.3 Å². The molecule has 5 aliphatic rings. The lowest BCUT2D eigenvalue weighted by atomic mass is 9.97. The van der Waals surface area contributed by atoms with Crippen molar-refractivity contribution >= 4 is 5.97 Å². The monoisotopic (exact) mass is 1060 g/mol. The standard InChI is InChI=1S/C39H69NO32/c1-40(3-17(44)45)2-10(42)18(46)19(47)11(43)5-63-35-31(59)26(54)21(49)13(69-35)7-65-37-33(61)28(56)23(51)15(71-37)9-67-39-34(62)29(57)24(52)16(72-39)8-66-38-32(60)27(55)22(50)14(70-38)6-64-36-30(58)25(53)20(48)12(4-41)68-36/h10-16,18-39,41-43,46-62H,2-9H2,1H3,(H,44,45)/t10?,11-,12-,13-,14-,15-,16-,18-,19-,20-,21-,22-,23-,24-,25?,26+,27+,28+,29?,30-,31-,32?,33?,34-,35?,36?,37-,38-,39?/m1/s1. The van der Waals surface area contributed by atoms with Crippen LogP contribution in [0, 0.1) is 0 Å². The lowest BCUT2D eigenvalue weighted by Crippen LogP contribution is -2.63. The first-order valence-corrected chi connectivity index (χ1v) is 22.6. The van der Waals surface area contributed by atoms with E-state index in [9.17, 15) is 107 Å². The molecule has 5 saturated heterocycles. The number of carboxylic acid groups (broad SMARTS) is 1. The summed E-state index contributed by atoms with van der Waals surface area (Å²) >= 11 is 0. The predicted octanol–water partition coefficient (Wildman–Crippen LogP) is -14.4. The molecule has 422 valence electrons. The van der Waals surface area contributed by atoms with Gasteiger partial charge in [-0.25, -0.2) is 0 Å². The molecule has 29 atom stereocenters. The second-order valence-corrected chi connectivity index (χ2v) is 18.1. The summed E-state index contributed by atoms with van der Waals surface area (Å²) in [6, 6.07) is 0. The van der Waals surface area contributed by atoms with Crippen molar-refractivity contribution in [3.8, 4) is 0 Å². The fourth-order valence-corrected chi connectivity index (χ4v) is 8.20. The number of ether oxygens (including phenoxy) is 10. The third-order valence-corrected chi connectivity index (χ3v) is 12.7. The maximum atomic E-state index is 10.9. The highest BCUT2D eigenvalue weighted by atomic mass is 16.8. The fraction of sp³-hybridized carbons (Fsp3) is 0.974. The van der Waals surface area contributed by atoms with E-state index >= 15 is 0 Å². The van der Waals surface area contributed by atoms with Crippen molar-refractivity contribution in [2.75, 3.05) is 59.8 Å². The van der Waals surface area contributed by atoms with Crippen LogP contribution in [0.5, 0.6) is 0 Å². The van der Waals surface area contributed by atoms with Crippen LogP contribution in [0.3, 0.4) is 0 Å². The van der Waals surface area contributed by atoms with Crippen molar-refractivity contribution in [1.29, 1.82) is 0 Å². The zero-order valence-electron chi connectivity index (χ0n) is 38.2. The number of aliphatic carboxylic acids is 1. The number of rotatable bonds is 23. The molecule has 5 rings (SSSR count). The molecule has 33 nitrogen and oxygen atoms in total. The van der Waals surface area contributed by atoms with Gasteiger partial charge >= 0.3 is 5.97 Å². The number of aliphatic hydroxyl groups excluding tert-OH is 20. The molecule has 0 saturated carbocycles. The van der Waals surface area contributed by atoms with Crippen molar-refractivity contribution in [3.05, 3.63) is 0 Å². The van der Waals surface area contributed by atoms with Crippen molar-refractivity contribution in [1.82, 2.24) is 4.90 Å². The van der Waals surface area contributed by atoms with Crippen LogP contribution in [0.25, 0.3) is 0 Å². The molecule has 8 unspecified atom stereocenters. The van der Waals surface area contributed by atoms with Crippen LogP contribution in [0.1, 0.15) is 0 Å². The van der Waals surface area contributed by atoms with Crippen LogP contribution in [0.15, 0.2) is 0 Å². The smallest absolute Gasteiger partial charge is 0.317 e. The van der Waals surface area contributed by atoms with Gasteiger partial charge in [0.15, 0.2) is 31.5 Å². The van der Waals surface area contributed by atoms with E-state index in [1.54, 1.807) is 0 Å². The predicted molar refractivity (Wildman–Crippen MR) is 219 cm³/mol. The third kappa shape index (κ3) is 14.6. The summed E-state index contributed by atoms with van der Waals surface area (Å²) in [6.45, 7) is -5.80. The number of aliphatic hydroxyl groups is 20.